The highest BCUT2D eigenvalue weighted by atomic mass is 32.2. The first-order chi connectivity index (χ1) is 16.3. The maximum Gasteiger partial charge on any atom is 0.350 e. The van der Waals surface area contributed by atoms with E-state index in [0.29, 0.717) is 9.66 Å². The number of carbonyl (C=O) groups is 2. The fourth-order valence-corrected chi connectivity index (χ4v) is 4.90. The Morgan fingerprint density at radius 2 is 1.50 bits per heavy atom. The average molecular weight is 480 g/mol. The van der Waals surface area contributed by atoms with Gasteiger partial charge in [-0.25, -0.2) is 17.8 Å². The van der Waals surface area contributed by atoms with Crippen LogP contribution in [0.4, 0.5) is 5.69 Å². The highest BCUT2D eigenvalue weighted by Crippen LogP contribution is 2.21. The Balaban J connectivity index is 1.69. The fraction of sp³-hybridized carbons (Fsp3) is 0.125. The predicted octanol–water partition coefficient (Wildman–Crippen LogP) is 2.86. The van der Waals surface area contributed by atoms with E-state index in [2.05, 4.69) is 5.32 Å². The molecular weight excluding hydrogens is 458 g/mol. The summed E-state index contributed by atoms with van der Waals surface area (Å²) in [5, 5.41) is 2.55. The molecular formula is C24H21N3O6S. The van der Waals surface area contributed by atoms with Gasteiger partial charge < -0.3 is 10.1 Å². The van der Waals surface area contributed by atoms with Crippen molar-refractivity contribution in [2.75, 3.05) is 11.9 Å². The molecule has 1 aromatic heterocycles. The van der Waals surface area contributed by atoms with Crippen LogP contribution in [0.5, 0.6) is 0 Å². The molecule has 0 saturated carbocycles. The lowest BCUT2D eigenvalue weighted by Gasteiger charge is -2.07. The number of anilines is 1. The van der Waals surface area contributed by atoms with Gasteiger partial charge in [-0.1, -0.05) is 42.5 Å². The van der Waals surface area contributed by atoms with Crippen molar-refractivity contribution in [1.82, 2.24) is 8.54 Å². The van der Waals surface area contributed by atoms with Gasteiger partial charge in [0.15, 0.2) is 0 Å². The van der Waals surface area contributed by atoms with Gasteiger partial charge in [0.25, 0.3) is 15.9 Å². The van der Waals surface area contributed by atoms with Gasteiger partial charge >= 0.3 is 5.69 Å². The summed E-state index contributed by atoms with van der Waals surface area (Å²) >= 11 is 0. The van der Waals surface area contributed by atoms with E-state index in [1.807, 2.05) is 30.3 Å². The second-order valence-corrected chi connectivity index (χ2v) is 9.24. The first-order valence-corrected chi connectivity index (χ1v) is 11.7. The second kappa shape index (κ2) is 9.46. The number of imidazole rings is 1. The molecule has 0 spiro atoms. The first kappa shape index (κ1) is 23.1. The van der Waals surface area contributed by atoms with Gasteiger partial charge in [-0.15, -0.1) is 0 Å². The van der Waals surface area contributed by atoms with Gasteiger partial charge in [-0.2, -0.15) is 3.97 Å². The maximum absolute atomic E-state index is 13.4. The third-order valence-corrected chi connectivity index (χ3v) is 6.71. The van der Waals surface area contributed by atoms with E-state index in [0.717, 1.165) is 10.1 Å². The number of hydrogen-bond acceptors (Lipinski definition) is 6. The number of fused-ring (bicyclic) bond motifs is 1. The van der Waals surface area contributed by atoms with Crippen molar-refractivity contribution in [2.45, 2.75) is 18.4 Å². The topological polar surface area (TPSA) is 116 Å². The highest BCUT2D eigenvalue weighted by molar-refractivity contribution is 7.90. The Morgan fingerprint density at radius 3 is 2.15 bits per heavy atom. The van der Waals surface area contributed by atoms with E-state index < -0.39 is 28.2 Å². The molecule has 1 N–H and O–H groups in total. The maximum atomic E-state index is 13.4. The Labute approximate surface area is 195 Å². The molecule has 0 atom stereocenters. The van der Waals surface area contributed by atoms with Gasteiger partial charge in [0, 0.05) is 12.6 Å². The van der Waals surface area contributed by atoms with E-state index in [4.69, 9.17) is 4.74 Å². The minimum absolute atomic E-state index is 0.0647. The van der Waals surface area contributed by atoms with Crippen molar-refractivity contribution in [3.05, 3.63) is 94.9 Å². The van der Waals surface area contributed by atoms with E-state index in [9.17, 15) is 22.8 Å². The van der Waals surface area contributed by atoms with Gasteiger partial charge in [-0.05, 0) is 42.0 Å². The summed E-state index contributed by atoms with van der Waals surface area (Å²) in [4.78, 5) is 37.1. The predicted molar refractivity (Wildman–Crippen MR) is 126 cm³/mol. The van der Waals surface area contributed by atoms with E-state index in [1.54, 1.807) is 12.1 Å². The van der Waals surface area contributed by atoms with E-state index in [-0.39, 0.29) is 28.4 Å². The average Bonchev–Trinajstić information content (AvgIpc) is 3.12. The molecule has 174 valence electrons. The molecule has 4 rings (SSSR count). The Bertz CT molecular complexity index is 1520. The van der Waals surface area contributed by atoms with Crippen molar-refractivity contribution in [1.29, 1.82) is 0 Å². The lowest BCUT2D eigenvalue weighted by molar-refractivity contribution is -0.114. The molecule has 4 aromatic rings. The molecule has 0 aliphatic heterocycles. The number of ether oxygens (including phenoxy) is 1. The third kappa shape index (κ3) is 4.54. The van der Waals surface area contributed by atoms with Crippen molar-refractivity contribution < 1.29 is 22.7 Å². The number of amides is 1. The van der Waals surface area contributed by atoms with Crippen molar-refractivity contribution in [3.8, 4) is 0 Å². The summed E-state index contributed by atoms with van der Waals surface area (Å²) in [7, 11) is -4.34. The number of rotatable bonds is 7. The summed E-state index contributed by atoms with van der Waals surface area (Å²) in [6, 6.07) is 20.8. The van der Waals surface area contributed by atoms with Crippen LogP contribution in [0.25, 0.3) is 11.0 Å². The number of nitrogens with one attached hydrogen (secondary N) is 1. The van der Waals surface area contributed by atoms with Crippen LogP contribution in [0.1, 0.15) is 17.3 Å². The summed E-state index contributed by atoms with van der Waals surface area (Å²) in [6.07, 6.45) is 0. The molecule has 0 bridgehead atoms. The normalized spacial score (nSPS) is 11.4. The number of carbonyl (C=O) groups excluding carboxylic acids is 2. The standard InChI is InChI=1S/C24H21N3O6S/c1-17(28)25-19-11-13-20(14-12-19)34(31,32)27-22-10-6-5-9-21(22)26(24(27)30)23(29)16-33-15-18-7-3-2-4-8-18/h2-14H,15-16H2,1H3,(H,25,28). The van der Waals surface area contributed by atoms with Crippen LogP contribution in [0.15, 0.2) is 88.6 Å². The quantitative estimate of drug-likeness (QED) is 0.436. The summed E-state index contributed by atoms with van der Waals surface area (Å²) in [5.41, 5.74) is 0.469. The number of aromatic nitrogens is 2. The van der Waals surface area contributed by atoms with Crippen LogP contribution in [0, 0.1) is 0 Å². The SMILES string of the molecule is CC(=O)Nc1ccc(S(=O)(=O)n2c(=O)n(C(=O)COCc3ccccc3)c3ccccc32)cc1. The van der Waals surface area contributed by atoms with Crippen molar-refractivity contribution in [3.63, 3.8) is 0 Å². The van der Waals surface area contributed by atoms with Gasteiger partial charge in [0.2, 0.25) is 5.91 Å². The molecule has 0 saturated heterocycles. The number of para-hydroxylation sites is 2. The largest absolute Gasteiger partial charge is 0.367 e. The number of hydrogen-bond donors (Lipinski definition) is 1. The van der Waals surface area contributed by atoms with Crippen LogP contribution < -0.4 is 11.0 Å². The van der Waals surface area contributed by atoms with Crippen molar-refractivity contribution >= 4 is 38.6 Å². The van der Waals surface area contributed by atoms with E-state index in [1.165, 1.54) is 43.3 Å². The number of benzene rings is 3. The minimum Gasteiger partial charge on any atom is -0.367 e. The Hall–Kier alpha value is -4.02. The Kier molecular flexibility index (Phi) is 6.44. The number of nitrogens with zero attached hydrogens (tertiary/aromatic N) is 2. The molecule has 3 aromatic carbocycles. The molecule has 0 aliphatic carbocycles. The van der Waals surface area contributed by atoms with Crippen LogP contribution in [0.3, 0.4) is 0 Å². The third-order valence-electron chi connectivity index (χ3n) is 5.01. The van der Waals surface area contributed by atoms with Gasteiger partial charge in [0.05, 0.1) is 22.5 Å². The second-order valence-electron chi connectivity index (χ2n) is 7.45. The smallest absolute Gasteiger partial charge is 0.350 e. The lowest BCUT2D eigenvalue weighted by atomic mass is 10.2. The molecule has 0 unspecified atom stereocenters. The molecule has 1 heterocycles. The first-order valence-electron chi connectivity index (χ1n) is 10.3. The van der Waals surface area contributed by atoms with Gasteiger partial charge in [-0.3, -0.25) is 9.59 Å². The Morgan fingerprint density at radius 1 is 0.882 bits per heavy atom. The minimum atomic E-state index is -4.34. The molecule has 9 nitrogen and oxygen atoms in total. The molecule has 0 aliphatic rings. The zero-order valence-corrected chi connectivity index (χ0v) is 19.0. The summed E-state index contributed by atoms with van der Waals surface area (Å²) in [6.45, 7) is 1.09. The van der Waals surface area contributed by atoms with E-state index >= 15 is 0 Å². The monoisotopic (exact) mass is 479 g/mol. The van der Waals surface area contributed by atoms with Crippen LogP contribution in [0.2, 0.25) is 0 Å². The molecule has 10 heteroatoms. The fourth-order valence-electron chi connectivity index (χ4n) is 3.51. The molecule has 34 heavy (non-hydrogen) atoms. The lowest BCUT2D eigenvalue weighted by Crippen LogP contribution is -2.34. The zero-order valence-electron chi connectivity index (χ0n) is 18.2. The van der Waals surface area contributed by atoms with Crippen LogP contribution in [-0.2, 0) is 26.2 Å². The molecule has 1 amide bonds. The molecule has 0 radical (unpaired) electrons. The summed E-state index contributed by atoms with van der Waals surface area (Å²) < 4.78 is 33.6. The highest BCUT2D eigenvalue weighted by Gasteiger charge is 2.27. The van der Waals surface area contributed by atoms with Crippen molar-refractivity contribution in [2.24, 2.45) is 0 Å². The summed E-state index contributed by atoms with van der Waals surface area (Å²) in [5.74, 6) is -0.991. The van der Waals surface area contributed by atoms with Crippen LogP contribution in [-0.4, -0.2) is 35.4 Å². The zero-order chi connectivity index (χ0) is 24.3. The molecule has 0 fully saturated rings. The van der Waals surface area contributed by atoms with Gasteiger partial charge in [0.1, 0.15) is 6.61 Å². The van der Waals surface area contributed by atoms with Crippen LogP contribution >= 0.6 is 0 Å².